The predicted octanol–water partition coefficient (Wildman–Crippen LogP) is 5.55. The first kappa shape index (κ1) is 14.2. The zero-order valence-corrected chi connectivity index (χ0v) is 14.1. The number of hydrogen-bond donors (Lipinski definition) is 0. The number of fused-ring (bicyclic) bond motifs is 1. The standard InChI is InChI=1S/C16H13BrOS2/c1-10-2-7-14-15(8-10)20-16(19-14)9-13(18)11-3-5-12(17)6-4-11/h2-8,16H,9H2,1H3. The normalized spacial score (nSPS) is 17.0. The van der Waals surface area contributed by atoms with Gasteiger partial charge in [-0.3, -0.25) is 4.79 Å². The molecule has 1 aliphatic heterocycles. The second-order valence-electron chi connectivity index (χ2n) is 4.75. The molecule has 1 atom stereocenters. The van der Waals surface area contributed by atoms with E-state index in [2.05, 4.69) is 41.1 Å². The molecule has 0 fully saturated rings. The van der Waals surface area contributed by atoms with Crippen molar-refractivity contribution in [3.63, 3.8) is 0 Å². The molecule has 0 aromatic heterocycles. The average Bonchev–Trinajstić information content (AvgIpc) is 2.80. The van der Waals surface area contributed by atoms with Gasteiger partial charge in [0.25, 0.3) is 0 Å². The molecule has 102 valence electrons. The van der Waals surface area contributed by atoms with E-state index in [1.54, 1.807) is 11.8 Å². The highest BCUT2D eigenvalue weighted by Crippen LogP contribution is 2.49. The largest absolute Gasteiger partial charge is 0.294 e. The summed E-state index contributed by atoms with van der Waals surface area (Å²) in [4.78, 5) is 14.9. The molecule has 20 heavy (non-hydrogen) atoms. The Balaban J connectivity index is 1.68. The van der Waals surface area contributed by atoms with Crippen LogP contribution >= 0.6 is 39.5 Å². The molecule has 0 bridgehead atoms. The first-order valence-electron chi connectivity index (χ1n) is 6.34. The number of benzene rings is 2. The predicted molar refractivity (Wildman–Crippen MR) is 89.8 cm³/mol. The molecule has 0 spiro atoms. The van der Waals surface area contributed by atoms with E-state index in [-0.39, 0.29) is 5.78 Å². The van der Waals surface area contributed by atoms with Crippen LogP contribution in [0.1, 0.15) is 22.3 Å². The molecular formula is C16H13BrOS2. The van der Waals surface area contributed by atoms with Crippen molar-refractivity contribution in [3.05, 3.63) is 58.1 Å². The maximum atomic E-state index is 12.3. The van der Waals surface area contributed by atoms with Crippen LogP contribution in [0.25, 0.3) is 0 Å². The molecule has 0 saturated carbocycles. The Morgan fingerprint density at radius 2 is 1.80 bits per heavy atom. The summed E-state index contributed by atoms with van der Waals surface area (Å²) < 4.78 is 1.30. The Bertz CT molecular complexity index is 652. The van der Waals surface area contributed by atoms with E-state index < -0.39 is 0 Å². The van der Waals surface area contributed by atoms with Gasteiger partial charge in [-0.15, -0.1) is 23.5 Å². The minimum Gasteiger partial charge on any atom is -0.294 e. The fraction of sp³-hybridized carbons (Fsp3) is 0.188. The number of thioether (sulfide) groups is 2. The van der Waals surface area contributed by atoms with Crippen LogP contribution in [0, 0.1) is 6.92 Å². The Kier molecular flexibility index (Phi) is 4.24. The Labute approximate surface area is 135 Å². The average molecular weight is 365 g/mol. The minimum atomic E-state index is 0.215. The monoisotopic (exact) mass is 364 g/mol. The van der Waals surface area contributed by atoms with Gasteiger partial charge in [-0.25, -0.2) is 0 Å². The molecule has 0 saturated heterocycles. The van der Waals surface area contributed by atoms with Gasteiger partial charge in [0.05, 0.1) is 4.58 Å². The molecule has 2 aromatic rings. The SMILES string of the molecule is Cc1ccc2c(c1)SC(CC(=O)c1ccc(Br)cc1)S2. The lowest BCUT2D eigenvalue weighted by Crippen LogP contribution is -2.05. The van der Waals surface area contributed by atoms with Gasteiger partial charge >= 0.3 is 0 Å². The third-order valence-corrected chi connectivity index (χ3v) is 6.43. The Morgan fingerprint density at radius 1 is 1.10 bits per heavy atom. The molecule has 1 nitrogen and oxygen atoms in total. The lowest BCUT2D eigenvalue weighted by atomic mass is 10.1. The summed E-state index contributed by atoms with van der Waals surface area (Å²) in [5.41, 5.74) is 2.07. The Hall–Kier alpha value is -0.710. The molecule has 4 heteroatoms. The maximum absolute atomic E-state index is 12.3. The van der Waals surface area contributed by atoms with Crippen molar-refractivity contribution in [2.75, 3.05) is 0 Å². The number of ketones is 1. The molecule has 1 heterocycles. The van der Waals surface area contributed by atoms with Gasteiger partial charge in [-0.1, -0.05) is 34.1 Å². The maximum Gasteiger partial charge on any atom is 0.164 e. The van der Waals surface area contributed by atoms with Crippen LogP contribution in [0.2, 0.25) is 0 Å². The van der Waals surface area contributed by atoms with Crippen molar-refractivity contribution < 1.29 is 4.79 Å². The van der Waals surface area contributed by atoms with Crippen molar-refractivity contribution in [1.29, 1.82) is 0 Å². The zero-order chi connectivity index (χ0) is 14.1. The summed E-state index contributed by atoms with van der Waals surface area (Å²) >= 11 is 7.00. The number of rotatable bonds is 3. The van der Waals surface area contributed by atoms with Crippen molar-refractivity contribution >= 4 is 45.2 Å². The van der Waals surface area contributed by atoms with Crippen LogP contribution in [0.4, 0.5) is 0 Å². The molecule has 1 aliphatic rings. The second-order valence-corrected chi connectivity index (χ2v) is 8.45. The lowest BCUT2D eigenvalue weighted by Gasteiger charge is -2.06. The molecule has 0 aliphatic carbocycles. The van der Waals surface area contributed by atoms with Crippen LogP contribution in [0.15, 0.2) is 56.7 Å². The number of Topliss-reactive ketones (excluding diaryl/α,β-unsaturated/α-hetero) is 1. The second kappa shape index (κ2) is 5.96. The van der Waals surface area contributed by atoms with E-state index in [4.69, 9.17) is 0 Å². The van der Waals surface area contributed by atoms with Crippen LogP contribution in [0.5, 0.6) is 0 Å². The van der Waals surface area contributed by atoms with E-state index in [1.807, 2.05) is 36.0 Å². The summed E-state index contributed by atoms with van der Waals surface area (Å²) in [6.07, 6.45) is 0.574. The van der Waals surface area contributed by atoms with Crippen molar-refractivity contribution in [2.45, 2.75) is 27.7 Å². The quantitative estimate of drug-likeness (QED) is 0.664. The first-order valence-corrected chi connectivity index (χ1v) is 8.90. The van der Waals surface area contributed by atoms with Crippen LogP contribution < -0.4 is 0 Å². The summed E-state index contributed by atoms with van der Waals surface area (Å²) in [5, 5.41) is 0. The summed E-state index contributed by atoms with van der Waals surface area (Å²) in [5.74, 6) is 0.215. The number of hydrogen-bond acceptors (Lipinski definition) is 3. The molecular weight excluding hydrogens is 352 g/mol. The minimum absolute atomic E-state index is 0.215. The van der Waals surface area contributed by atoms with E-state index in [0.717, 1.165) is 10.0 Å². The summed E-state index contributed by atoms with van der Waals surface area (Å²) in [7, 11) is 0. The molecule has 0 radical (unpaired) electrons. The third-order valence-electron chi connectivity index (χ3n) is 3.13. The van der Waals surface area contributed by atoms with E-state index in [0.29, 0.717) is 11.0 Å². The van der Waals surface area contributed by atoms with Gasteiger partial charge in [0.1, 0.15) is 0 Å². The molecule has 2 aromatic carbocycles. The topological polar surface area (TPSA) is 17.1 Å². The lowest BCUT2D eigenvalue weighted by molar-refractivity contribution is 0.0987. The van der Waals surface area contributed by atoms with Gasteiger partial charge < -0.3 is 0 Å². The number of halogens is 1. The van der Waals surface area contributed by atoms with Crippen molar-refractivity contribution in [3.8, 4) is 0 Å². The van der Waals surface area contributed by atoms with Gasteiger partial charge in [0.2, 0.25) is 0 Å². The highest BCUT2D eigenvalue weighted by molar-refractivity contribution is 9.10. The number of carbonyl (C=O) groups excluding carboxylic acids is 1. The highest BCUT2D eigenvalue weighted by atomic mass is 79.9. The van der Waals surface area contributed by atoms with Gasteiger partial charge in [-0.2, -0.15) is 0 Å². The molecule has 0 amide bonds. The van der Waals surface area contributed by atoms with Crippen LogP contribution in [-0.4, -0.2) is 10.4 Å². The Morgan fingerprint density at radius 3 is 2.55 bits per heavy atom. The third kappa shape index (κ3) is 3.13. The molecule has 3 rings (SSSR count). The fourth-order valence-corrected chi connectivity index (χ4v) is 5.26. The highest BCUT2D eigenvalue weighted by Gasteiger charge is 2.25. The number of aryl methyl sites for hydroxylation is 1. The smallest absolute Gasteiger partial charge is 0.164 e. The fourth-order valence-electron chi connectivity index (χ4n) is 2.10. The van der Waals surface area contributed by atoms with Gasteiger partial charge in [-0.05, 0) is 36.8 Å². The van der Waals surface area contributed by atoms with Crippen molar-refractivity contribution in [2.24, 2.45) is 0 Å². The van der Waals surface area contributed by atoms with E-state index in [9.17, 15) is 4.79 Å². The summed E-state index contributed by atoms with van der Waals surface area (Å²) in [6, 6.07) is 14.1. The van der Waals surface area contributed by atoms with Crippen LogP contribution in [0.3, 0.4) is 0 Å². The van der Waals surface area contributed by atoms with Gasteiger partial charge in [0, 0.05) is 26.2 Å². The van der Waals surface area contributed by atoms with E-state index in [1.165, 1.54) is 15.4 Å². The zero-order valence-electron chi connectivity index (χ0n) is 10.9. The van der Waals surface area contributed by atoms with Crippen molar-refractivity contribution in [1.82, 2.24) is 0 Å². The van der Waals surface area contributed by atoms with E-state index >= 15 is 0 Å². The number of carbonyl (C=O) groups is 1. The van der Waals surface area contributed by atoms with Gasteiger partial charge in [0.15, 0.2) is 5.78 Å². The molecule has 1 unspecified atom stereocenters. The summed E-state index contributed by atoms with van der Waals surface area (Å²) in [6.45, 7) is 2.10. The van der Waals surface area contributed by atoms with Crippen LogP contribution in [-0.2, 0) is 0 Å². The first-order chi connectivity index (χ1) is 9.61. The molecule has 0 N–H and O–H groups in total.